The highest BCUT2D eigenvalue weighted by molar-refractivity contribution is 6.35. The summed E-state index contributed by atoms with van der Waals surface area (Å²) in [4.78, 5) is 15.7. The van der Waals surface area contributed by atoms with Gasteiger partial charge in [-0.05, 0) is 60.0 Å². The lowest BCUT2D eigenvalue weighted by molar-refractivity contribution is 0.103. The molecule has 3 rings (SSSR count). The Kier molecular flexibility index (Phi) is 6.12. The number of azide groups is 1. The van der Waals surface area contributed by atoms with Gasteiger partial charge in [0.1, 0.15) is 11.6 Å². The van der Waals surface area contributed by atoms with Gasteiger partial charge in [-0.3, -0.25) is 4.79 Å². The molecule has 5 nitrogen and oxygen atoms in total. The predicted octanol–water partition coefficient (Wildman–Crippen LogP) is 6.71. The molecule has 0 aliphatic carbocycles. The fraction of sp³-hybridized carbons (Fsp3) is 0.0952. The fourth-order valence-corrected chi connectivity index (χ4v) is 3.06. The molecule has 0 atom stereocenters. The average molecular weight is 413 g/mol. The average Bonchev–Trinajstić information content (AvgIpc) is 2.69. The molecular weight excluding hydrogens is 398 g/mol. The van der Waals surface area contributed by atoms with Crippen molar-refractivity contribution < 1.29 is 13.6 Å². The zero-order valence-electron chi connectivity index (χ0n) is 15.3. The largest absolute Gasteiger partial charge is 0.353 e. The minimum Gasteiger partial charge on any atom is -0.353 e. The first-order valence-corrected chi connectivity index (χ1v) is 8.93. The number of carbonyl (C=O) groups is 1. The summed E-state index contributed by atoms with van der Waals surface area (Å²) in [5, 5.41) is 6.50. The molecular formula is C21H15ClF2N4O. The fourth-order valence-electron chi connectivity index (χ4n) is 2.79. The zero-order valence-corrected chi connectivity index (χ0v) is 16.0. The number of hydrogen-bond acceptors (Lipinski definition) is 3. The van der Waals surface area contributed by atoms with E-state index in [0.29, 0.717) is 16.8 Å². The molecule has 0 heterocycles. The maximum Gasteiger partial charge on any atom is 0.194 e. The van der Waals surface area contributed by atoms with Crippen LogP contribution in [0.3, 0.4) is 0 Å². The Balaban J connectivity index is 1.88. The van der Waals surface area contributed by atoms with Crippen molar-refractivity contribution in [2.24, 2.45) is 5.11 Å². The number of halogens is 3. The second-order valence-corrected chi connectivity index (χ2v) is 6.72. The summed E-state index contributed by atoms with van der Waals surface area (Å²) >= 11 is 6.30. The van der Waals surface area contributed by atoms with Crippen LogP contribution in [0, 0.1) is 18.6 Å². The lowest BCUT2D eigenvalue weighted by atomic mass is 9.96. The second-order valence-electron chi connectivity index (χ2n) is 6.31. The molecule has 0 aliphatic rings. The van der Waals surface area contributed by atoms with E-state index >= 15 is 0 Å². The van der Waals surface area contributed by atoms with E-state index in [4.69, 9.17) is 17.1 Å². The Morgan fingerprint density at radius 2 is 1.90 bits per heavy atom. The smallest absolute Gasteiger partial charge is 0.194 e. The van der Waals surface area contributed by atoms with Gasteiger partial charge in [-0.2, -0.15) is 0 Å². The van der Waals surface area contributed by atoms with Crippen molar-refractivity contribution in [1.29, 1.82) is 0 Å². The minimum absolute atomic E-state index is 0.0862. The first kappa shape index (κ1) is 20.3. The van der Waals surface area contributed by atoms with Crippen molar-refractivity contribution in [3.8, 4) is 0 Å². The second kappa shape index (κ2) is 8.73. The first-order valence-electron chi connectivity index (χ1n) is 8.55. The van der Waals surface area contributed by atoms with Crippen molar-refractivity contribution in [2.45, 2.75) is 13.5 Å². The molecule has 0 aliphatic heterocycles. The molecule has 0 saturated heterocycles. The molecule has 3 aromatic carbocycles. The molecule has 0 aromatic heterocycles. The molecule has 29 heavy (non-hydrogen) atoms. The molecule has 0 amide bonds. The van der Waals surface area contributed by atoms with E-state index in [1.54, 1.807) is 31.2 Å². The number of nitrogens with one attached hydrogen (secondary N) is 1. The monoisotopic (exact) mass is 412 g/mol. The van der Waals surface area contributed by atoms with Gasteiger partial charge in [-0.1, -0.05) is 28.8 Å². The van der Waals surface area contributed by atoms with E-state index < -0.39 is 11.6 Å². The third kappa shape index (κ3) is 4.71. The van der Waals surface area contributed by atoms with Crippen LogP contribution in [-0.2, 0) is 6.54 Å². The van der Waals surface area contributed by atoms with Gasteiger partial charge in [0.2, 0.25) is 0 Å². The lowest BCUT2D eigenvalue weighted by Crippen LogP contribution is -2.06. The maximum atomic E-state index is 13.8. The molecule has 0 spiro atoms. The van der Waals surface area contributed by atoms with Gasteiger partial charge in [-0.25, -0.2) is 8.78 Å². The molecule has 1 N–H and O–H groups in total. The zero-order chi connectivity index (χ0) is 21.0. The molecule has 8 heteroatoms. The van der Waals surface area contributed by atoms with Crippen LogP contribution in [0.15, 0.2) is 59.7 Å². The van der Waals surface area contributed by atoms with Crippen LogP contribution < -0.4 is 5.32 Å². The van der Waals surface area contributed by atoms with Crippen molar-refractivity contribution in [2.75, 3.05) is 5.32 Å². The van der Waals surface area contributed by atoms with E-state index in [1.165, 1.54) is 18.2 Å². The van der Waals surface area contributed by atoms with Crippen molar-refractivity contribution in [3.63, 3.8) is 0 Å². The summed E-state index contributed by atoms with van der Waals surface area (Å²) in [6, 6.07) is 13.0. The summed E-state index contributed by atoms with van der Waals surface area (Å²) in [7, 11) is 0. The number of anilines is 2. The number of ketones is 1. The standard InChI is InChI=1S/C21H15ClF2N4O/c1-12-2-3-13(11-26-28-25)8-17(12)21(29)16-6-5-15(10-18(16)22)27-20-7-4-14(23)9-19(20)24/h2-10,27H,11H2,1H3. The molecule has 0 bridgehead atoms. The summed E-state index contributed by atoms with van der Waals surface area (Å²) in [5.41, 5.74) is 11.2. The number of hydrogen-bond donors (Lipinski definition) is 1. The third-order valence-corrected chi connectivity index (χ3v) is 4.60. The number of aryl methyl sites for hydroxylation is 1. The Morgan fingerprint density at radius 1 is 1.10 bits per heavy atom. The Morgan fingerprint density at radius 3 is 2.59 bits per heavy atom. The van der Waals surface area contributed by atoms with Crippen LogP contribution in [0.25, 0.3) is 10.4 Å². The number of carbonyl (C=O) groups excluding carboxylic acids is 1. The Labute approximate surface area is 170 Å². The molecule has 3 aromatic rings. The lowest BCUT2D eigenvalue weighted by Gasteiger charge is -2.12. The van der Waals surface area contributed by atoms with Gasteiger partial charge in [-0.15, -0.1) is 0 Å². The summed E-state index contributed by atoms with van der Waals surface area (Å²) in [6.07, 6.45) is 0. The molecule has 0 fully saturated rings. The number of benzene rings is 3. The van der Waals surface area contributed by atoms with Gasteiger partial charge < -0.3 is 5.32 Å². The summed E-state index contributed by atoms with van der Waals surface area (Å²) in [6.45, 7) is 1.93. The molecule has 0 unspecified atom stereocenters. The van der Waals surface area contributed by atoms with E-state index in [1.807, 2.05) is 0 Å². The topological polar surface area (TPSA) is 77.9 Å². The van der Waals surface area contributed by atoms with Gasteiger partial charge in [0.15, 0.2) is 5.78 Å². The highest BCUT2D eigenvalue weighted by atomic mass is 35.5. The van der Waals surface area contributed by atoms with Gasteiger partial charge in [0.05, 0.1) is 17.3 Å². The predicted molar refractivity (Wildman–Crippen MR) is 109 cm³/mol. The van der Waals surface area contributed by atoms with Crippen molar-refractivity contribution >= 4 is 28.8 Å². The van der Waals surface area contributed by atoms with Gasteiger partial charge >= 0.3 is 0 Å². The van der Waals surface area contributed by atoms with E-state index in [9.17, 15) is 13.6 Å². The Hall–Kier alpha value is -3.41. The molecule has 0 radical (unpaired) electrons. The van der Waals surface area contributed by atoms with Gasteiger partial charge in [0, 0.05) is 27.8 Å². The molecule has 146 valence electrons. The molecule has 0 saturated carbocycles. The maximum absolute atomic E-state index is 13.8. The Bertz CT molecular complexity index is 1140. The van der Waals surface area contributed by atoms with Crippen LogP contribution in [-0.4, -0.2) is 5.78 Å². The highest BCUT2D eigenvalue weighted by Gasteiger charge is 2.16. The van der Waals surface area contributed by atoms with Crippen LogP contribution in [0.2, 0.25) is 5.02 Å². The normalized spacial score (nSPS) is 10.3. The van der Waals surface area contributed by atoms with E-state index in [-0.39, 0.29) is 28.6 Å². The van der Waals surface area contributed by atoms with E-state index in [0.717, 1.165) is 17.7 Å². The minimum atomic E-state index is -0.742. The highest BCUT2D eigenvalue weighted by Crippen LogP contribution is 2.28. The van der Waals surface area contributed by atoms with Crippen LogP contribution in [0.4, 0.5) is 20.2 Å². The SMILES string of the molecule is Cc1ccc(CN=[N+]=[N-])cc1C(=O)c1ccc(Nc2ccc(F)cc2F)cc1Cl. The van der Waals surface area contributed by atoms with Crippen molar-refractivity contribution in [3.05, 3.63) is 104 Å². The quantitative estimate of drug-likeness (QED) is 0.211. The van der Waals surface area contributed by atoms with Crippen molar-refractivity contribution in [1.82, 2.24) is 0 Å². The summed E-state index contributed by atoms with van der Waals surface area (Å²) < 4.78 is 26.8. The van der Waals surface area contributed by atoms with Crippen LogP contribution >= 0.6 is 11.6 Å². The first-order chi connectivity index (χ1) is 13.9. The number of nitrogens with zero attached hydrogens (tertiary/aromatic N) is 3. The third-order valence-electron chi connectivity index (χ3n) is 4.29. The summed E-state index contributed by atoms with van der Waals surface area (Å²) in [5.74, 6) is -1.70. The van der Waals surface area contributed by atoms with Gasteiger partial charge in [0.25, 0.3) is 0 Å². The number of rotatable bonds is 6. The van der Waals surface area contributed by atoms with Crippen LogP contribution in [0.1, 0.15) is 27.0 Å². The van der Waals surface area contributed by atoms with Crippen LogP contribution in [0.5, 0.6) is 0 Å². The van der Waals surface area contributed by atoms with E-state index in [2.05, 4.69) is 15.3 Å².